The Balaban J connectivity index is 1.79. The van der Waals surface area contributed by atoms with Gasteiger partial charge in [-0.1, -0.05) is 0 Å². The van der Waals surface area contributed by atoms with E-state index in [9.17, 15) is 4.39 Å². The lowest BCUT2D eigenvalue weighted by molar-refractivity contribution is 0.0219. The van der Waals surface area contributed by atoms with E-state index in [-0.39, 0.29) is 17.9 Å². The fraction of sp³-hybridized carbons (Fsp3) is 0.556. The fourth-order valence-corrected chi connectivity index (χ4v) is 3.71. The van der Waals surface area contributed by atoms with Crippen molar-refractivity contribution in [2.75, 3.05) is 44.3 Å². The highest BCUT2D eigenvalue weighted by atomic mass is 79.9. The Morgan fingerprint density at radius 1 is 1.27 bits per heavy atom. The maximum absolute atomic E-state index is 14.9. The summed E-state index contributed by atoms with van der Waals surface area (Å²) in [6, 6.07) is 2.19. The predicted octanol–water partition coefficient (Wildman–Crippen LogP) is 2.81. The number of rotatable bonds is 3. The van der Waals surface area contributed by atoms with Gasteiger partial charge in [0.05, 0.1) is 17.7 Å². The SMILES string of the molecule is Cc1cc2c(N3CCNCC3)nc(OC3CCOCC3)nc2c(F)c1Br. The molecular formula is C18H22BrFN4O2. The van der Waals surface area contributed by atoms with Crippen LogP contribution < -0.4 is 15.0 Å². The zero-order valence-electron chi connectivity index (χ0n) is 14.7. The zero-order chi connectivity index (χ0) is 18.1. The van der Waals surface area contributed by atoms with Crippen molar-refractivity contribution in [1.29, 1.82) is 0 Å². The molecule has 140 valence electrons. The number of nitrogens with one attached hydrogen (secondary N) is 1. The maximum atomic E-state index is 14.9. The van der Waals surface area contributed by atoms with Crippen molar-refractivity contribution in [3.05, 3.63) is 21.9 Å². The van der Waals surface area contributed by atoms with E-state index in [1.165, 1.54) is 0 Å². The number of aryl methyl sites for hydroxylation is 1. The van der Waals surface area contributed by atoms with Crippen LogP contribution in [0.2, 0.25) is 0 Å². The number of hydrogen-bond acceptors (Lipinski definition) is 6. The second-order valence-corrected chi connectivity index (χ2v) is 7.51. The summed E-state index contributed by atoms with van der Waals surface area (Å²) in [5.74, 6) is 0.378. The maximum Gasteiger partial charge on any atom is 0.319 e. The zero-order valence-corrected chi connectivity index (χ0v) is 16.3. The van der Waals surface area contributed by atoms with Gasteiger partial charge in [0.15, 0.2) is 5.82 Å². The number of ether oxygens (including phenoxy) is 2. The summed E-state index contributed by atoms with van der Waals surface area (Å²) in [6.45, 7) is 6.60. The second kappa shape index (κ2) is 7.62. The van der Waals surface area contributed by atoms with E-state index in [1.807, 2.05) is 13.0 Å². The van der Waals surface area contributed by atoms with Crippen LogP contribution in [-0.4, -0.2) is 55.5 Å². The third-order valence-corrected chi connectivity index (χ3v) is 5.84. The molecule has 0 atom stereocenters. The van der Waals surface area contributed by atoms with Gasteiger partial charge in [-0.05, 0) is 34.5 Å². The van der Waals surface area contributed by atoms with Gasteiger partial charge >= 0.3 is 6.01 Å². The predicted molar refractivity (Wildman–Crippen MR) is 101 cm³/mol. The van der Waals surface area contributed by atoms with Crippen molar-refractivity contribution in [2.45, 2.75) is 25.9 Å². The molecule has 8 heteroatoms. The van der Waals surface area contributed by atoms with Gasteiger partial charge in [-0.25, -0.2) is 4.39 Å². The van der Waals surface area contributed by atoms with Gasteiger partial charge in [-0.15, -0.1) is 0 Å². The first-order valence-corrected chi connectivity index (χ1v) is 9.79. The first-order chi connectivity index (χ1) is 12.6. The lowest BCUT2D eigenvalue weighted by atomic mass is 10.1. The smallest absolute Gasteiger partial charge is 0.319 e. The van der Waals surface area contributed by atoms with Crippen molar-refractivity contribution in [3.63, 3.8) is 0 Å². The number of fused-ring (bicyclic) bond motifs is 1. The molecule has 0 saturated carbocycles. The highest BCUT2D eigenvalue weighted by Crippen LogP contribution is 2.34. The Labute approximate surface area is 160 Å². The first-order valence-electron chi connectivity index (χ1n) is 9.00. The van der Waals surface area contributed by atoms with Gasteiger partial charge in [0.25, 0.3) is 0 Å². The van der Waals surface area contributed by atoms with Gasteiger partial charge in [-0.2, -0.15) is 9.97 Å². The average Bonchev–Trinajstić information content (AvgIpc) is 2.68. The minimum Gasteiger partial charge on any atom is -0.460 e. The number of piperazine rings is 1. The molecule has 26 heavy (non-hydrogen) atoms. The summed E-state index contributed by atoms with van der Waals surface area (Å²) in [7, 11) is 0. The van der Waals surface area contributed by atoms with Crippen molar-refractivity contribution in [2.24, 2.45) is 0 Å². The van der Waals surface area contributed by atoms with Crippen molar-refractivity contribution in [3.8, 4) is 6.01 Å². The van der Waals surface area contributed by atoms with Crippen LogP contribution in [0.25, 0.3) is 10.9 Å². The van der Waals surface area contributed by atoms with Crippen molar-refractivity contribution < 1.29 is 13.9 Å². The van der Waals surface area contributed by atoms with Gasteiger partial charge in [-0.3, -0.25) is 0 Å². The molecule has 0 amide bonds. The Kier molecular flexibility index (Phi) is 5.24. The van der Waals surface area contributed by atoms with E-state index in [1.54, 1.807) is 0 Å². The van der Waals surface area contributed by atoms with Crippen LogP contribution in [0.15, 0.2) is 10.5 Å². The number of anilines is 1. The molecule has 1 aromatic heterocycles. The van der Waals surface area contributed by atoms with Crippen LogP contribution in [0.4, 0.5) is 10.2 Å². The summed E-state index contributed by atoms with van der Waals surface area (Å²) in [5, 5.41) is 4.06. The number of benzene rings is 1. The molecule has 0 spiro atoms. The van der Waals surface area contributed by atoms with Crippen LogP contribution in [0.1, 0.15) is 18.4 Å². The quantitative estimate of drug-likeness (QED) is 0.817. The number of aromatic nitrogens is 2. The van der Waals surface area contributed by atoms with E-state index in [0.717, 1.165) is 55.8 Å². The van der Waals surface area contributed by atoms with E-state index in [2.05, 4.69) is 36.1 Å². The van der Waals surface area contributed by atoms with E-state index < -0.39 is 0 Å². The Morgan fingerprint density at radius 2 is 2.00 bits per heavy atom. The molecule has 1 aromatic carbocycles. The standard InChI is InChI=1S/C18H22BrFN4O2/c1-11-10-13-16(15(20)14(11)19)22-18(26-12-2-8-25-9-3-12)23-17(13)24-6-4-21-5-7-24/h10,12,21H,2-9H2,1H3. The molecule has 0 aliphatic carbocycles. The third kappa shape index (κ3) is 3.50. The number of nitrogens with zero attached hydrogens (tertiary/aromatic N) is 3. The lowest BCUT2D eigenvalue weighted by Gasteiger charge is -2.30. The monoisotopic (exact) mass is 424 g/mol. The fourth-order valence-electron chi connectivity index (χ4n) is 3.41. The molecule has 0 unspecified atom stereocenters. The van der Waals surface area contributed by atoms with E-state index in [4.69, 9.17) is 9.47 Å². The molecule has 2 aliphatic heterocycles. The molecule has 2 aromatic rings. The van der Waals surface area contributed by atoms with Gasteiger partial charge in [0.1, 0.15) is 17.4 Å². The Hall–Kier alpha value is -1.51. The lowest BCUT2D eigenvalue weighted by Crippen LogP contribution is -2.44. The van der Waals surface area contributed by atoms with Crippen molar-refractivity contribution in [1.82, 2.24) is 15.3 Å². The summed E-state index contributed by atoms with van der Waals surface area (Å²) in [5.41, 5.74) is 1.13. The molecule has 1 N–H and O–H groups in total. The molecule has 2 aliphatic rings. The molecule has 2 fully saturated rings. The largest absolute Gasteiger partial charge is 0.460 e. The molecule has 0 bridgehead atoms. The summed E-state index contributed by atoms with van der Waals surface area (Å²) in [4.78, 5) is 11.2. The summed E-state index contributed by atoms with van der Waals surface area (Å²) < 4.78 is 26.7. The molecular weight excluding hydrogens is 403 g/mol. The van der Waals surface area contributed by atoms with Gasteiger partial charge < -0.3 is 19.7 Å². The molecule has 2 saturated heterocycles. The van der Waals surface area contributed by atoms with Crippen LogP contribution in [0, 0.1) is 12.7 Å². The van der Waals surface area contributed by atoms with Crippen LogP contribution in [0.3, 0.4) is 0 Å². The minimum atomic E-state index is -0.365. The minimum absolute atomic E-state index is 0.00835. The van der Waals surface area contributed by atoms with Gasteiger partial charge in [0, 0.05) is 44.4 Å². The van der Waals surface area contributed by atoms with Crippen LogP contribution in [0.5, 0.6) is 6.01 Å². The highest BCUT2D eigenvalue weighted by molar-refractivity contribution is 9.10. The topological polar surface area (TPSA) is 59.5 Å². The molecule has 4 rings (SSSR count). The third-order valence-electron chi connectivity index (χ3n) is 4.87. The van der Waals surface area contributed by atoms with E-state index in [0.29, 0.717) is 23.2 Å². The first kappa shape index (κ1) is 17.9. The van der Waals surface area contributed by atoms with Crippen molar-refractivity contribution >= 4 is 32.7 Å². The normalized spacial score (nSPS) is 19.1. The number of hydrogen-bond donors (Lipinski definition) is 1. The van der Waals surface area contributed by atoms with Crippen LogP contribution in [-0.2, 0) is 4.74 Å². The van der Waals surface area contributed by atoms with Gasteiger partial charge in [0.2, 0.25) is 0 Å². The molecule has 3 heterocycles. The Morgan fingerprint density at radius 3 is 2.73 bits per heavy atom. The highest BCUT2D eigenvalue weighted by Gasteiger charge is 2.23. The molecule has 6 nitrogen and oxygen atoms in total. The van der Waals surface area contributed by atoms with Crippen LogP contribution >= 0.6 is 15.9 Å². The molecule has 0 radical (unpaired) electrons. The summed E-state index contributed by atoms with van der Waals surface area (Å²) >= 11 is 3.33. The average molecular weight is 425 g/mol. The second-order valence-electron chi connectivity index (χ2n) is 6.71. The Bertz CT molecular complexity index is 808. The van der Waals surface area contributed by atoms with E-state index >= 15 is 0 Å². The summed E-state index contributed by atoms with van der Waals surface area (Å²) in [6.07, 6.45) is 1.60. The number of halogens is 2.